The molecule has 9 heteroatoms. The van der Waals surface area contributed by atoms with E-state index >= 15 is 0 Å². The number of thioether (sulfide) groups is 1. The summed E-state index contributed by atoms with van der Waals surface area (Å²) in [5, 5.41) is 12.9. The van der Waals surface area contributed by atoms with Crippen molar-refractivity contribution in [1.82, 2.24) is 14.8 Å². The lowest BCUT2D eigenvalue weighted by Gasteiger charge is -2.12. The first-order valence-corrected chi connectivity index (χ1v) is 10.9. The van der Waals surface area contributed by atoms with Crippen molar-refractivity contribution >= 4 is 46.6 Å². The lowest BCUT2D eigenvalue weighted by atomic mass is 10.2. The molecule has 3 aromatic rings. The molecule has 0 radical (unpaired) electrons. The van der Waals surface area contributed by atoms with Crippen molar-refractivity contribution in [3.63, 3.8) is 0 Å². The zero-order chi connectivity index (χ0) is 21.5. The fraction of sp³-hybridized carbons (Fsp3) is 0.190. The van der Waals surface area contributed by atoms with Gasteiger partial charge in [-0.1, -0.05) is 53.2 Å². The molecule has 2 aromatic carbocycles. The Morgan fingerprint density at radius 2 is 2.07 bits per heavy atom. The molecule has 156 valence electrons. The first-order chi connectivity index (χ1) is 14.5. The highest BCUT2D eigenvalue weighted by Gasteiger charge is 2.18. The Balaban J connectivity index is 1.78. The lowest BCUT2D eigenvalue weighted by molar-refractivity contribution is -0.113. The van der Waals surface area contributed by atoms with Crippen molar-refractivity contribution < 1.29 is 9.53 Å². The fourth-order valence-electron chi connectivity index (χ4n) is 2.73. The van der Waals surface area contributed by atoms with Gasteiger partial charge in [-0.05, 0) is 37.3 Å². The molecular weight excluding hydrogens is 443 g/mol. The van der Waals surface area contributed by atoms with Gasteiger partial charge in [0.2, 0.25) is 5.91 Å². The normalized spacial score (nSPS) is 10.6. The standard InChI is InChI=1S/C21H20Cl2N4O2S/c1-3-11-27-20(15-7-5-6-8-18(15)29-4-2)25-26-21(27)30-13-19(28)24-17-12-14(22)9-10-16(17)23/h3,5-10,12H,1,4,11,13H2,2H3,(H,24,28). The van der Waals surface area contributed by atoms with Crippen molar-refractivity contribution in [3.05, 3.63) is 65.2 Å². The molecule has 0 fully saturated rings. The maximum absolute atomic E-state index is 12.4. The Labute approximate surface area is 189 Å². The minimum atomic E-state index is -0.228. The molecule has 30 heavy (non-hydrogen) atoms. The molecule has 0 saturated heterocycles. The summed E-state index contributed by atoms with van der Waals surface area (Å²) in [5.74, 6) is 1.28. The van der Waals surface area contributed by atoms with Gasteiger partial charge in [-0.3, -0.25) is 9.36 Å². The van der Waals surface area contributed by atoms with Gasteiger partial charge in [0.25, 0.3) is 0 Å². The number of nitrogens with one attached hydrogen (secondary N) is 1. The van der Waals surface area contributed by atoms with Crippen molar-refractivity contribution in [2.45, 2.75) is 18.6 Å². The second-order valence-electron chi connectivity index (χ2n) is 6.10. The second kappa shape index (κ2) is 10.5. The molecule has 0 saturated carbocycles. The third-order valence-corrected chi connectivity index (χ3v) is 5.52. The maximum Gasteiger partial charge on any atom is 0.234 e. The number of para-hydroxylation sites is 1. The van der Waals surface area contributed by atoms with Crippen LogP contribution in [0.2, 0.25) is 10.0 Å². The molecule has 0 atom stereocenters. The number of carbonyl (C=O) groups excluding carboxylic acids is 1. The number of anilines is 1. The van der Waals surface area contributed by atoms with Crippen molar-refractivity contribution in [1.29, 1.82) is 0 Å². The number of allylic oxidation sites excluding steroid dienone is 1. The number of halogens is 2. The highest BCUT2D eigenvalue weighted by Crippen LogP contribution is 2.31. The van der Waals surface area contributed by atoms with E-state index in [9.17, 15) is 4.79 Å². The molecule has 0 aliphatic heterocycles. The van der Waals surface area contributed by atoms with Crippen LogP contribution in [-0.4, -0.2) is 33.0 Å². The summed E-state index contributed by atoms with van der Waals surface area (Å²) < 4.78 is 7.62. The molecule has 0 spiro atoms. The van der Waals surface area contributed by atoms with Gasteiger partial charge in [-0.15, -0.1) is 16.8 Å². The monoisotopic (exact) mass is 462 g/mol. The van der Waals surface area contributed by atoms with Gasteiger partial charge in [0.1, 0.15) is 5.75 Å². The number of nitrogens with zero attached hydrogens (tertiary/aromatic N) is 3. The summed E-state index contributed by atoms with van der Waals surface area (Å²) in [7, 11) is 0. The first kappa shape index (κ1) is 22.2. The van der Waals surface area contributed by atoms with Crippen LogP contribution in [0.3, 0.4) is 0 Å². The SMILES string of the molecule is C=CCn1c(SCC(=O)Nc2cc(Cl)ccc2Cl)nnc1-c1ccccc1OCC. The molecule has 0 aliphatic rings. The van der Waals surface area contributed by atoms with E-state index in [1.807, 2.05) is 35.8 Å². The third-order valence-electron chi connectivity index (χ3n) is 3.99. The van der Waals surface area contributed by atoms with E-state index in [2.05, 4.69) is 22.1 Å². The van der Waals surface area contributed by atoms with Crippen LogP contribution in [0.5, 0.6) is 5.75 Å². The van der Waals surface area contributed by atoms with E-state index in [0.717, 1.165) is 11.3 Å². The van der Waals surface area contributed by atoms with Crippen LogP contribution in [0.1, 0.15) is 6.92 Å². The summed E-state index contributed by atoms with van der Waals surface area (Å²) >= 11 is 13.3. The van der Waals surface area contributed by atoms with Gasteiger partial charge in [0.05, 0.1) is 28.6 Å². The van der Waals surface area contributed by atoms with Crippen LogP contribution in [0.25, 0.3) is 11.4 Å². The quantitative estimate of drug-likeness (QED) is 0.332. The molecule has 1 N–H and O–H groups in total. The van der Waals surface area contributed by atoms with Gasteiger partial charge in [-0.2, -0.15) is 0 Å². The molecule has 6 nitrogen and oxygen atoms in total. The number of benzene rings is 2. The maximum atomic E-state index is 12.4. The highest BCUT2D eigenvalue weighted by molar-refractivity contribution is 7.99. The van der Waals surface area contributed by atoms with Gasteiger partial charge in [-0.25, -0.2) is 0 Å². The summed E-state index contributed by atoms with van der Waals surface area (Å²) in [6.07, 6.45) is 1.76. The number of carbonyl (C=O) groups is 1. The fourth-order valence-corrected chi connectivity index (χ4v) is 3.82. The Morgan fingerprint density at radius 1 is 1.27 bits per heavy atom. The van der Waals surface area contributed by atoms with E-state index in [-0.39, 0.29) is 11.7 Å². The molecule has 1 heterocycles. The third kappa shape index (κ3) is 5.36. The molecule has 1 aromatic heterocycles. The van der Waals surface area contributed by atoms with Gasteiger partial charge >= 0.3 is 0 Å². The average molecular weight is 463 g/mol. The Morgan fingerprint density at radius 3 is 2.83 bits per heavy atom. The van der Waals surface area contributed by atoms with Crippen molar-refractivity contribution in [2.24, 2.45) is 0 Å². The molecule has 3 rings (SSSR count). The lowest BCUT2D eigenvalue weighted by Crippen LogP contribution is -2.15. The summed E-state index contributed by atoms with van der Waals surface area (Å²) in [6, 6.07) is 12.5. The van der Waals surface area contributed by atoms with Crippen LogP contribution >= 0.6 is 35.0 Å². The summed E-state index contributed by atoms with van der Waals surface area (Å²) in [5.41, 5.74) is 1.30. The van der Waals surface area contributed by atoms with E-state index in [0.29, 0.717) is 39.9 Å². The molecule has 0 aliphatic carbocycles. The number of hydrogen-bond donors (Lipinski definition) is 1. The highest BCUT2D eigenvalue weighted by atomic mass is 35.5. The number of hydrogen-bond acceptors (Lipinski definition) is 5. The van der Waals surface area contributed by atoms with E-state index in [4.69, 9.17) is 27.9 Å². The smallest absolute Gasteiger partial charge is 0.234 e. The summed E-state index contributed by atoms with van der Waals surface area (Å²) in [4.78, 5) is 12.4. The number of rotatable bonds is 9. The van der Waals surface area contributed by atoms with E-state index in [1.165, 1.54) is 11.8 Å². The predicted molar refractivity (Wildman–Crippen MR) is 123 cm³/mol. The minimum Gasteiger partial charge on any atom is -0.493 e. The minimum absolute atomic E-state index is 0.130. The number of amides is 1. The largest absolute Gasteiger partial charge is 0.493 e. The number of aromatic nitrogens is 3. The van der Waals surface area contributed by atoms with Crippen molar-refractivity contribution in [3.8, 4) is 17.1 Å². The average Bonchev–Trinajstić information content (AvgIpc) is 3.12. The summed E-state index contributed by atoms with van der Waals surface area (Å²) in [6.45, 7) is 6.78. The number of ether oxygens (including phenoxy) is 1. The first-order valence-electron chi connectivity index (χ1n) is 9.17. The van der Waals surface area contributed by atoms with Crippen LogP contribution in [-0.2, 0) is 11.3 Å². The zero-order valence-corrected chi connectivity index (χ0v) is 18.6. The topological polar surface area (TPSA) is 69.0 Å². The Bertz CT molecular complexity index is 1060. The molecule has 0 bridgehead atoms. The molecule has 1 amide bonds. The van der Waals surface area contributed by atoms with E-state index < -0.39 is 0 Å². The molecule has 0 unspecified atom stereocenters. The van der Waals surface area contributed by atoms with Gasteiger partial charge in [0.15, 0.2) is 11.0 Å². The van der Waals surface area contributed by atoms with Crippen molar-refractivity contribution in [2.75, 3.05) is 17.7 Å². The van der Waals surface area contributed by atoms with Crippen LogP contribution in [0.4, 0.5) is 5.69 Å². The predicted octanol–water partition coefficient (Wildman–Crippen LogP) is 5.57. The zero-order valence-electron chi connectivity index (χ0n) is 16.3. The van der Waals surface area contributed by atoms with Crippen LogP contribution < -0.4 is 10.1 Å². The van der Waals surface area contributed by atoms with Crippen LogP contribution in [0, 0.1) is 0 Å². The van der Waals surface area contributed by atoms with E-state index in [1.54, 1.807) is 24.3 Å². The second-order valence-corrected chi connectivity index (χ2v) is 7.88. The van der Waals surface area contributed by atoms with Crippen LogP contribution in [0.15, 0.2) is 60.3 Å². The molecular formula is C21H20Cl2N4O2S. The van der Waals surface area contributed by atoms with Gasteiger partial charge < -0.3 is 10.1 Å². The Hall–Kier alpha value is -2.48. The van der Waals surface area contributed by atoms with Gasteiger partial charge in [0, 0.05) is 11.6 Å². The Kier molecular flexibility index (Phi) is 7.79.